The van der Waals surface area contributed by atoms with Crippen molar-refractivity contribution in [1.82, 2.24) is 14.6 Å². The molecule has 1 aliphatic rings. The Labute approximate surface area is 146 Å². The predicted molar refractivity (Wildman–Crippen MR) is 91.4 cm³/mol. The van der Waals surface area contributed by atoms with E-state index in [1.54, 1.807) is 36.7 Å². The number of carbonyl (C=O) groups is 1. The zero-order valence-electron chi connectivity index (χ0n) is 13.6. The first-order valence-corrected chi connectivity index (χ1v) is 9.36. The number of nitrogens with one attached hydrogen (secondary N) is 1. The lowest BCUT2D eigenvalue weighted by Gasteiger charge is -2.26. The smallest absolute Gasteiger partial charge is 0.251 e. The van der Waals surface area contributed by atoms with Crippen molar-refractivity contribution >= 4 is 15.9 Å². The van der Waals surface area contributed by atoms with Gasteiger partial charge in [0.15, 0.2) is 0 Å². The molecule has 0 bridgehead atoms. The Morgan fingerprint density at radius 1 is 1.16 bits per heavy atom. The third-order valence-electron chi connectivity index (χ3n) is 3.91. The Morgan fingerprint density at radius 2 is 1.88 bits per heavy atom. The van der Waals surface area contributed by atoms with E-state index in [4.69, 9.17) is 4.74 Å². The first-order chi connectivity index (χ1) is 12.1. The minimum Gasteiger partial charge on any atom is -0.379 e. The average Bonchev–Trinajstić information content (AvgIpc) is 2.67. The Bertz CT molecular complexity index is 834. The number of amides is 1. The number of ether oxygens (including phenoxy) is 1. The number of morpholine rings is 1. The fraction of sp³-hybridized carbons (Fsp3) is 0.294. The molecule has 0 saturated carbocycles. The zero-order chi connectivity index (χ0) is 17.7. The molecule has 0 aliphatic carbocycles. The summed E-state index contributed by atoms with van der Waals surface area (Å²) in [5.41, 5.74) is 1.23. The largest absolute Gasteiger partial charge is 0.379 e. The number of sulfonamides is 1. The van der Waals surface area contributed by atoms with Crippen LogP contribution < -0.4 is 5.32 Å². The number of carbonyl (C=O) groups excluding carboxylic acids is 1. The fourth-order valence-electron chi connectivity index (χ4n) is 2.52. The molecule has 1 amide bonds. The number of nitrogens with zero attached hydrogens (tertiary/aromatic N) is 2. The van der Waals surface area contributed by atoms with Crippen molar-refractivity contribution in [2.75, 3.05) is 26.3 Å². The van der Waals surface area contributed by atoms with Gasteiger partial charge in [-0.2, -0.15) is 4.31 Å². The maximum atomic E-state index is 12.7. The number of rotatable bonds is 5. The van der Waals surface area contributed by atoms with Gasteiger partial charge in [0.1, 0.15) is 0 Å². The lowest BCUT2D eigenvalue weighted by Crippen LogP contribution is -2.40. The molecular formula is C17H19N3O4S. The maximum Gasteiger partial charge on any atom is 0.251 e. The van der Waals surface area contributed by atoms with Gasteiger partial charge in [-0.3, -0.25) is 9.78 Å². The van der Waals surface area contributed by atoms with Crippen LogP contribution in [0.2, 0.25) is 0 Å². The summed E-state index contributed by atoms with van der Waals surface area (Å²) in [6.07, 6.45) is 3.30. The number of hydrogen-bond donors (Lipinski definition) is 1. The molecule has 25 heavy (non-hydrogen) atoms. The molecule has 7 nitrogen and oxygen atoms in total. The third-order valence-corrected chi connectivity index (χ3v) is 5.80. The number of aromatic nitrogens is 1. The van der Waals surface area contributed by atoms with Crippen LogP contribution in [0.1, 0.15) is 15.9 Å². The van der Waals surface area contributed by atoms with Gasteiger partial charge in [-0.05, 0) is 35.9 Å². The Morgan fingerprint density at radius 3 is 2.60 bits per heavy atom. The molecule has 0 atom stereocenters. The molecule has 0 spiro atoms. The predicted octanol–water partition coefficient (Wildman–Crippen LogP) is 1.03. The van der Waals surface area contributed by atoms with Crippen LogP contribution in [0, 0.1) is 0 Å². The van der Waals surface area contributed by atoms with Gasteiger partial charge in [0.2, 0.25) is 10.0 Å². The summed E-state index contributed by atoms with van der Waals surface area (Å²) in [7, 11) is -3.62. The van der Waals surface area contributed by atoms with Crippen molar-refractivity contribution in [3.05, 3.63) is 59.9 Å². The van der Waals surface area contributed by atoms with E-state index in [9.17, 15) is 13.2 Å². The van der Waals surface area contributed by atoms with Crippen LogP contribution in [-0.2, 0) is 21.3 Å². The summed E-state index contributed by atoms with van der Waals surface area (Å²) < 4.78 is 31.9. The number of pyridine rings is 1. The normalized spacial score (nSPS) is 15.7. The second-order valence-electron chi connectivity index (χ2n) is 5.58. The quantitative estimate of drug-likeness (QED) is 0.859. The Hall–Kier alpha value is -2.29. The topological polar surface area (TPSA) is 88.6 Å². The van der Waals surface area contributed by atoms with Crippen molar-refractivity contribution in [3.8, 4) is 0 Å². The Kier molecular flexibility index (Phi) is 5.42. The van der Waals surface area contributed by atoms with Gasteiger partial charge in [0.05, 0.1) is 18.1 Å². The summed E-state index contributed by atoms with van der Waals surface area (Å²) in [5, 5.41) is 2.78. The van der Waals surface area contributed by atoms with E-state index >= 15 is 0 Å². The number of benzene rings is 1. The average molecular weight is 361 g/mol. The minimum absolute atomic E-state index is 0.117. The van der Waals surface area contributed by atoms with E-state index in [0.717, 1.165) is 5.56 Å². The minimum atomic E-state index is -3.62. The highest BCUT2D eigenvalue weighted by Crippen LogP contribution is 2.18. The van der Waals surface area contributed by atoms with E-state index in [1.807, 2.05) is 0 Å². The molecular weight excluding hydrogens is 342 g/mol. The first kappa shape index (κ1) is 17.5. The molecule has 1 aromatic heterocycles. The van der Waals surface area contributed by atoms with Gasteiger partial charge >= 0.3 is 0 Å². The van der Waals surface area contributed by atoms with Gasteiger partial charge in [0.25, 0.3) is 5.91 Å². The molecule has 2 aromatic rings. The van der Waals surface area contributed by atoms with Crippen LogP contribution in [-0.4, -0.2) is 49.9 Å². The van der Waals surface area contributed by atoms with Crippen LogP contribution in [0.3, 0.4) is 0 Å². The monoisotopic (exact) mass is 361 g/mol. The highest BCUT2D eigenvalue weighted by Gasteiger charge is 2.26. The van der Waals surface area contributed by atoms with Crippen LogP contribution in [0.15, 0.2) is 53.7 Å². The highest BCUT2D eigenvalue weighted by atomic mass is 32.2. The Balaban J connectivity index is 1.73. The van der Waals surface area contributed by atoms with Crippen LogP contribution in [0.5, 0.6) is 0 Å². The number of hydrogen-bond acceptors (Lipinski definition) is 5. The van der Waals surface area contributed by atoms with Crippen LogP contribution in [0.25, 0.3) is 0 Å². The lowest BCUT2D eigenvalue weighted by atomic mass is 10.2. The van der Waals surface area contributed by atoms with E-state index < -0.39 is 10.0 Å². The molecule has 1 N–H and O–H groups in total. The van der Waals surface area contributed by atoms with Gasteiger partial charge in [0, 0.05) is 37.6 Å². The SMILES string of the molecule is O=C(NCc1ccncc1)c1cccc(S(=O)(=O)N2CCOCC2)c1. The summed E-state index contributed by atoms with van der Waals surface area (Å²) in [4.78, 5) is 16.4. The van der Waals surface area contributed by atoms with Crippen molar-refractivity contribution in [3.63, 3.8) is 0 Å². The van der Waals surface area contributed by atoms with E-state index in [-0.39, 0.29) is 10.8 Å². The van der Waals surface area contributed by atoms with Gasteiger partial charge in [-0.15, -0.1) is 0 Å². The van der Waals surface area contributed by atoms with Crippen molar-refractivity contribution in [1.29, 1.82) is 0 Å². The highest BCUT2D eigenvalue weighted by molar-refractivity contribution is 7.89. The molecule has 8 heteroatoms. The van der Waals surface area contributed by atoms with Gasteiger partial charge in [-0.1, -0.05) is 6.07 Å². The molecule has 0 radical (unpaired) electrons. The summed E-state index contributed by atoms with van der Waals surface area (Å²) in [5.74, 6) is -0.323. The van der Waals surface area contributed by atoms with E-state index in [2.05, 4.69) is 10.3 Å². The summed E-state index contributed by atoms with van der Waals surface area (Å²) >= 11 is 0. The molecule has 2 heterocycles. The van der Waals surface area contributed by atoms with E-state index in [0.29, 0.717) is 38.4 Å². The second-order valence-corrected chi connectivity index (χ2v) is 7.52. The van der Waals surface area contributed by atoms with Crippen molar-refractivity contribution in [2.45, 2.75) is 11.4 Å². The molecule has 0 unspecified atom stereocenters. The van der Waals surface area contributed by atoms with Gasteiger partial charge in [-0.25, -0.2) is 8.42 Å². The molecule has 1 saturated heterocycles. The second kappa shape index (κ2) is 7.73. The standard InChI is InChI=1S/C17H19N3O4S/c21-17(19-13-14-4-6-18-7-5-14)15-2-1-3-16(12-15)25(22,23)20-8-10-24-11-9-20/h1-7,12H,8-11,13H2,(H,19,21). The van der Waals surface area contributed by atoms with Crippen molar-refractivity contribution < 1.29 is 17.9 Å². The van der Waals surface area contributed by atoms with E-state index in [1.165, 1.54) is 16.4 Å². The zero-order valence-corrected chi connectivity index (χ0v) is 14.4. The van der Waals surface area contributed by atoms with Crippen LogP contribution >= 0.6 is 0 Å². The molecule has 1 aromatic carbocycles. The van der Waals surface area contributed by atoms with Gasteiger partial charge < -0.3 is 10.1 Å². The summed E-state index contributed by atoms with van der Waals surface area (Å²) in [6, 6.07) is 9.70. The third kappa shape index (κ3) is 4.22. The molecule has 1 fully saturated rings. The lowest BCUT2D eigenvalue weighted by molar-refractivity contribution is 0.0730. The molecule has 3 rings (SSSR count). The summed E-state index contributed by atoms with van der Waals surface area (Å²) in [6.45, 7) is 1.75. The van der Waals surface area contributed by atoms with Crippen molar-refractivity contribution in [2.24, 2.45) is 0 Å². The first-order valence-electron chi connectivity index (χ1n) is 7.92. The molecule has 1 aliphatic heterocycles. The van der Waals surface area contributed by atoms with Crippen LogP contribution in [0.4, 0.5) is 0 Å². The maximum absolute atomic E-state index is 12.7. The molecule has 132 valence electrons. The fourth-order valence-corrected chi connectivity index (χ4v) is 3.97.